The van der Waals surface area contributed by atoms with Crippen molar-refractivity contribution in [1.82, 2.24) is 5.32 Å². The molecule has 0 saturated heterocycles. The minimum Gasteiger partial charge on any atom is -0.508 e. The topological polar surface area (TPSA) is 75.4 Å². The number of nitrogens with one attached hydrogen (secondary N) is 1. The second kappa shape index (κ2) is 4.53. The average Bonchev–Trinajstić information content (AvgIpc) is 2.16. The summed E-state index contributed by atoms with van der Waals surface area (Å²) in [5.41, 5.74) is 5.62. The van der Waals surface area contributed by atoms with Gasteiger partial charge >= 0.3 is 0 Å². The molecule has 1 atom stereocenters. The normalized spacial score (nSPS) is 13.2. The van der Waals surface area contributed by atoms with Gasteiger partial charge in [0, 0.05) is 0 Å². The monoisotopic (exact) mass is 222 g/mol. The fraction of sp³-hybridized carbons (Fsp3) is 0.417. The number of phenolic OH excluding ortho intramolecular Hbond substituents is 1. The van der Waals surface area contributed by atoms with Crippen LogP contribution in [0.15, 0.2) is 24.3 Å². The number of nitrogens with two attached hydrogens (primary N) is 1. The summed E-state index contributed by atoms with van der Waals surface area (Å²) < 4.78 is 0. The number of benzene rings is 1. The maximum atomic E-state index is 11.6. The molecule has 0 saturated carbocycles. The number of phenols is 1. The lowest BCUT2D eigenvalue weighted by Gasteiger charge is -2.22. The van der Waals surface area contributed by atoms with E-state index in [1.54, 1.807) is 32.0 Å². The molecule has 1 aromatic rings. The first-order valence-corrected chi connectivity index (χ1v) is 5.19. The zero-order chi connectivity index (χ0) is 12.3. The molecule has 0 aliphatic rings. The van der Waals surface area contributed by atoms with Crippen molar-refractivity contribution < 1.29 is 9.90 Å². The number of carbonyl (C=O) groups is 1. The summed E-state index contributed by atoms with van der Waals surface area (Å²) in [7, 11) is 0. The van der Waals surface area contributed by atoms with Gasteiger partial charge in [-0.3, -0.25) is 4.79 Å². The highest BCUT2D eigenvalue weighted by molar-refractivity contribution is 5.85. The van der Waals surface area contributed by atoms with Crippen molar-refractivity contribution in [1.29, 1.82) is 0 Å². The lowest BCUT2D eigenvalue weighted by atomic mass is 10.0. The van der Waals surface area contributed by atoms with Gasteiger partial charge in [0.25, 0.3) is 0 Å². The van der Waals surface area contributed by atoms with Gasteiger partial charge < -0.3 is 16.2 Å². The largest absolute Gasteiger partial charge is 0.508 e. The molecule has 1 aromatic carbocycles. The van der Waals surface area contributed by atoms with Crippen LogP contribution in [-0.2, 0) is 4.79 Å². The van der Waals surface area contributed by atoms with Crippen molar-refractivity contribution in [3.05, 3.63) is 29.8 Å². The van der Waals surface area contributed by atoms with E-state index in [9.17, 15) is 9.90 Å². The van der Waals surface area contributed by atoms with Gasteiger partial charge in [0.15, 0.2) is 0 Å². The van der Waals surface area contributed by atoms with Crippen LogP contribution in [0.25, 0.3) is 0 Å². The van der Waals surface area contributed by atoms with Gasteiger partial charge in [0.1, 0.15) is 5.75 Å². The molecule has 0 aliphatic heterocycles. The molecule has 4 heteroatoms. The maximum Gasteiger partial charge on any atom is 0.239 e. The molecule has 0 spiro atoms. The van der Waals surface area contributed by atoms with Crippen LogP contribution < -0.4 is 11.1 Å². The summed E-state index contributed by atoms with van der Waals surface area (Å²) in [6.07, 6.45) is 0. The van der Waals surface area contributed by atoms with Crippen molar-refractivity contribution in [3.63, 3.8) is 0 Å². The van der Waals surface area contributed by atoms with E-state index in [0.29, 0.717) is 0 Å². The first-order chi connectivity index (χ1) is 7.30. The molecular formula is C12H18N2O2. The van der Waals surface area contributed by atoms with Crippen LogP contribution in [0.3, 0.4) is 0 Å². The zero-order valence-electron chi connectivity index (χ0n) is 9.82. The lowest BCUT2D eigenvalue weighted by Crippen LogP contribution is -2.49. The summed E-state index contributed by atoms with van der Waals surface area (Å²) in [6.45, 7) is 5.15. The van der Waals surface area contributed by atoms with Crippen molar-refractivity contribution in [2.45, 2.75) is 32.4 Å². The van der Waals surface area contributed by atoms with Gasteiger partial charge in [0.05, 0.1) is 11.6 Å². The first kappa shape index (κ1) is 12.5. The van der Waals surface area contributed by atoms with Crippen LogP contribution in [-0.4, -0.2) is 16.6 Å². The van der Waals surface area contributed by atoms with Crippen molar-refractivity contribution in [2.75, 3.05) is 0 Å². The van der Waals surface area contributed by atoms with Crippen molar-refractivity contribution >= 4 is 5.91 Å². The van der Waals surface area contributed by atoms with E-state index in [0.717, 1.165) is 5.56 Å². The van der Waals surface area contributed by atoms with E-state index in [1.165, 1.54) is 0 Å². The maximum absolute atomic E-state index is 11.6. The highest BCUT2D eigenvalue weighted by Crippen LogP contribution is 2.18. The Bertz CT molecular complexity index is 383. The van der Waals surface area contributed by atoms with Gasteiger partial charge in [-0.2, -0.15) is 0 Å². The summed E-state index contributed by atoms with van der Waals surface area (Å²) in [5.74, 6) is -0.0334. The van der Waals surface area contributed by atoms with Gasteiger partial charge in [-0.25, -0.2) is 0 Å². The quantitative estimate of drug-likeness (QED) is 0.721. The number of hydrogen-bond acceptors (Lipinski definition) is 3. The first-order valence-electron chi connectivity index (χ1n) is 5.19. The molecule has 1 amide bonds. The summed E-state index contributed by atoms with van der Waals surface area (Å²) in [4.78, 5) is 11.6. The number of rotatable bonds is 3. The molecule has 0 bridgehead atoms. The molecule has 4 nitrogen and oxygen atoms in total. The van der Waals surface area contributed by atoms with E-state index in [4.69, 9.17) is 5.73 Å². The van der Waals surface area contributed by atoms with Crippen LogP contribution in [0.4, 0.5) is 0 Å². The van der Waals surface area contributed by atoms with E-state index >= 15 is 0 Å². The number of carbonyl (C=O) groups excluding carboxylic acids is 1. The zero-order valence-corrected chi connectivity index (χ0v) is 9.82. The second-order valence-corrected chi connectivity index (χ2v) is 4.51. The molecule has 0 aliphatic carbocycles. The van der Waals surface area contributed by atoms with Crippen LogP contribution in [0, 0.1) is 0 Å². The van der Waals surface area contributed by atoms with Gasteiger partial charge in [-0.1, -0.05) is 12.1 Å². The molecule has 0 heterocycles. The SMILES string of the molecule is CC(NC(=O)C(C)(C)N)c1cccc(O)c1. The highest BCUT2D eigenvalue weighted by Gasteiger charge is 2.23. The Morgan fingerprint density at radius 2 is 2.12 bits per heavy atom. The fourth-order valence-corrected chi connectivity index (χ4v) is 1.26. The van der Waals surface area contributed by atoms with E-state index < -0.39 is 5.54 Å². The minimum atomic E-state index is -0.898. The number of amides is 1. The Hall–Kier alpha value is -1.55. The molecule has 1 rings (SSSR count). The van der Waals surface area contributed by atoms with Crippen LogP contribution >= 0.6 is 0 Å². The van der Waals surface area contributed by atoms with Crippen molar-refractivity contribution in [3.8, 4) is 5.75 Å². The van der Waals surface area contributed by atoms with E-state index in [2.05, 4.69) is 5.32 Å². The molecule has 16 heavy (non-hydrogen) atoms. The molecule has 88 valence electrons. The number of aromatic hydroxyl groups is 1. The summed E-state index contributed by atoms with van der Waals surface area (Å²) in [5, 5.41) is 12.1. The Labute approximate surface area is 95.5 Å². The Balaban J connectivity index is 2.73. The minimum absolute atomic E-state index is 0.178. The predicted molar refractivity (Wildman–Crippen MR) is 62.9 cm³/mol. The summed E-state index contributed by atoms with van der Waals surface area (Å²) in [6, 6.07) is 6.61. The smallest absolute Gasteiger partial charge is 0.239 e. The van der Waals surface area contributed by atoms with Gasteiger partial charge in [-0.05, 0) is 38.5 Å². The molecular weight excluding hydrogens is 204 g/mol. The molecule has 0 aromatic heterocycles. The highest BCUT2D eigenvalue weighted by atomic mass is 16.3. The van der Waals surface area contributed by atoms with E-state index in [-0.39, 0.29) is 17.7 Å². The molecule has 0 fully saturated rings. The second-order valence-electron chi connectivity index (χ2n) is 4.51. The number of hydrogen-bond donors (Lipinski definition) is 3. The average molecular weight is 222 g/mol. The molecule has 1 unspecified atom stereocenters. The third kappa shape index (κ3) is 3.24. The third-order valence-corrected chi connectivity index (χ3v) is 2.30. The van der Waals surface area contributed by atoms with Crippen LogP contribution in [0.5, 0.6) is 5.75 Å². The Morgan fingerprint density at radius 1 is 1.50 bits per heavy atom. The lowest BCUT2D eigenvalue weighted by molar-refractivity contribution is -0.125. The van der Waals surface area contributed by atoms with Crippen LogP contribution in [0.1, 0.15) is 32.4 Å². The summed E-state index contributed by atoms with van der Waals surface area (Å²) >= 11 is 0. The fourth-order valence-electron chi connectivity index (χ4n) is 1.26. The van der Waals surface area contributed by atoms with Gasteiger partial charge in [-0.15, -0.1) is 0 Å². The molecule has 0 radical (unpaired) electrons. The van der Waals surface area contributed by atoms with E-state index in [1.807, 2.05) is 13.0 Å². The van der Waals surface area contributed by atoms with Gasteiger partial charge in [0.2, 0.25) is 5.91 Å². The Kier molecular flexibility index (Phi) is 3.55. The predicted octanol–water partition coefficient (Wildman–Crippen LogP) is 1.31. The molecule has 4 N–H and O–H groups in total. The third-order valence-electron chi connectivity index (χ3n) is 2.30. The standard InChI is InChI=1S/C12H18N2O2/c1-8(14-11(16)12(2,3)13)9-5-4-6-10(15)7-9/h4-8,15H,13H2,1-3H3,(H,14,16). The Morgan fingerprint density at radius 3 is 2.62 bits per heavy atom. The van der Waals surface area contributed by atoms with Crippen molar-refractivity contribution in [2.24, 2.45) is 5.73 Å². The van der Waals surface area contributed by atoms with Crippen LogP contribution in [0.2, 0.25) is 0 Å².